The van der Waals surface area contributed by atoms with Crippen LogP contribution < -0.4 is 17.0 Å². The molecule has 0 aromatic heterocycles. The molecule has 0 aliphatic carbocycles. The number of ether oxygens (including phenoxy) is 1. The number of benzene rings is 1. The first-order valence-electron chi connectivity index (χ1n) is 4.80. The first-order valence-corrected chi connectivity index (χ1v) is 4.80. The smallest absolute Gasteiger partial charge is 1.00 e. The van der Waals surface area contributed by atoms with Gasteiger partial charge >= 0.3 is 23.1 Å². The van der Waals surface area contributed by atoms with Crippen molar-refractivity contribution in [3.05, 3.63) is 35.4 Å². The minimum absolute atomic E-state index is 0. The molecule has 0 saturated carbocycles. The van der Waals surface area contributed by atoms with Crippen molar-refractivity contribution < 1.29 is 21.7 Å². The minimum atomic E-state index is -0.155. The molecule has 1 aliphatic rings. The van der Waals surface area contributed by atoms with Crippen LogP contribution in [0.4, 0.5) is 0 Å². The average Bonchev–Trinajstić information content (AvgIpc) is 2.47. The molecule has 0 unspecified atom stereocenters. The molecule has 16 heavy (non-hydrogen) atoms. The third-order valence-corrected chi connectivity index (χ3v) is 2.27. The Kier molecular flexibility index (Phi) is 6.00. The monoisotopic (exact) mass is 291 g/mol. The molecule has 0 N–H and O–H groups in total. The summed E-state index contributed by atoms with van der Waals surface area (Å²) in [6.45, 7) is 6.85. The first kappa shape index (κ1) is 15.9. The molecule has 1 aliphatic heterocycles. The van der Waals surface area contributed by atoms with Crippen LogP contribution >= 0.6 is 0 Å². The molecule has 0 saturated heterocycles. The Labute approximate surface area is 123 Å². The number of aryl methyl sites for hydroxylation is 1. The molecule has 0 atom stereocenters. The Morgan fingerprint density at radius 1 is 1.44 bits per heavy atom. The molecule has 82 valence electrons. The summed E-state index contributed by atoms with van der Waals surface area (Å²) in [4.78, 5) is 4.39. The number of aliphatic imine (C=N–C) groups is 1. The summed E-state index contributed by atoms with van der Waals surface area (Å²) < 4.78 is 5.75. The second-order valence-corrected chi connectivity index (χ2v) is 4.19. The maximum Gasteiger partial charge on any atom is 2.00 e. The van der Waals surface area contributed by atoms with Crippen molar-refractivity contribution in [3.63, 3.8) is 0 Å². The van der Waals surface area contributed by atoms with Crippen molar-refractivity contribution in [3.8, 4) is 0 Å². The van der Waals surface area contributed by atoms with E-state index in [9.17, 15) is 0 Å². The van der Waals surface area contributed by atoms with Crippen LogP contribution in [0, 0.1) is 13.0 Å². The van der Waals surface area contributed by atoms with Crippen LogP contribution in [0.5, 0.6) is 0 Å². The fourth-order valence-electron chi connectivity index (χ4n) is 1.48. The van der Waals surface area contributed by atoms with Gasteiger partial charge in [0.05, 0.1) is 6.54 Å². The van der Waals surface area contributed by atoms with Crippen LogP contribution in [0.1, 0.15) is 25.0 Å². The largest absolute Gasteiger partial charge is 2.00 e. The van der Waals surface area contributed by atoms with Crippen LogP contribution in [0.15, 0.2) is 23.2 Å². The Morgan fingerprint density at radius 2 is 2.12 bits per heavy atom. The van der Waals surface area contributed by atoms with Crippen molar-refractivity contribution in [2.75, 3.05) is 6.54 Å². The van der Waals surface area contributed by atoms with E-state index in [-0.39, 0.29) is 45.6 Å². The van der Waals surface area contributed by atoms with Gasteiger partial charge in [0.15, 0.2) is 5.90 Å². The van der Waals surface area contributed by atoms with Gasteiger partial charge in [-0.3, -0.25) is 4.99 Å². The summed E-state index contributed by atoms with van der Waals surface area (Å²) in [6, 6.07) is 9.02. The van der Waals surface area contributed by atoms with Crippen LogP contribution in [-0.2, 0) is 4.74 Å². The van der Waals surface area contributed by atoms with Gasteiger partial charge in [-0.2, -0.15) is 29.8 Å². The molecular weight excluding hydrogens is 278 g/mol. The third-order valence-electron chi connectivity index (χ3n) is 2.27. The van der Waals surface area contributed by atoms with E-state index in [2.05, 4.69) is 11.1 Å². The Balaban J connectivity index is 0.00000112. The van der Waals surface area contributed by atoms with Crippen LogP contribution in [0.25, 0.3) is 0 Å². The molecule has 4 heteroatoms. The Hall–Kier alpha value is -0.0638. The van der Waals surface area contributed by atoms with Crippen LogP contribution in [-0.4, -0.2) is 41.1 Å². The molecule has 1 aromatic carbocycles. The maximum atomic E-state index is 5.75. The van der Waals surface area contributed by atoms with Gasteiger partial charge in [-0.1, -0.05) is 12.5 Å². The fourth-order valence-corrected chi connectivity index (χ4v) is 1.48. The van der Waals surface area contributed by atoms with Crippen molar-refractivity contribution in [1.82, 2.24) is 0 Å². The van der Waals surface area contributed by atoms with Gasteiger partial charge < -0.3 is 21.7 Å². The summed E-state index contributed by atoms with van der Waals surface area (Å²) in [5.41, 5.74) is 1.99. The molecule has 2 rings (SSSR count). The zero-order valence-corrected chi connectivity index (χ0v) is 12.9. The second kappa shape index (κ2) is 6.03. The number of halogens is 1. The van der Waals surface area contributed by atoms with E-state index < -0.39 is 0 Å². The van der Waals surface area contributed by atoms with Gasteiger partial charge in [0.2, 0.25) is 0 Å². The van der Waals surface area contributed by atoms with Crippen LogP contribution in [0.3, 0.4) is 0 Å². The number of hydrogen-bond donors (Lipinski definition) is 0. The number of hydrogen-bond acceptors (Lipinski definition) is 2. The molecule has 1 heterocycles. The summed E-state index contributed by atoms with van der Waals surface area (Å²) in [6.07, 6.45) is 0. The van der Waals surface area contributed by atoms with E-state index in [0.717, 1.165) is 23.6 Å². The Morgan fingerprint density at radius 3 is 2.62 bits per heavy atom. The van der Waals surface area contributed by atoms with Crippen molar-refractivity contribution >= 4 is 29.0 Å². The molecule has 0 spiro atoms. The number of nitrogens with zero attached hydrogens (tertiary/aromatic N) is 1. The van der Waals surface area contributed by atoms with Gasteiger partial charge in [0, 0.05) is 0 Å². The first-order chi connectivity index (χ1) is 6.58. The van der Waals surface area contributed by atoms with E-state index >= 15 is 0 Å². The average molecular weight is 292 g/mol. The summed E-state index contributed by atoms with van der Waals surface area (Å²) in [5.74, 6) is 0.754. The zero-order chi connectivity index (χ0) is 10.2. The van der Waals surface area contributed by atoms with Gasteiger partial charge in [-0.05, 0) is 13.8 Å². The molecule has 0 radical (unpaired) electrons. The molecule has 0 bridgehead atoms. The van der Waals surface area contributed by atoms with E-state index in [0.29, 0.717) is 0 Å². The predicted molar refractivity (Wildman–Crippen MR) is 62.3 cm³/mol. The van der Waals surface area contributed by atoms with Crippen molar-refractivity contribution in [1.29, 1.82) is 0 Å². The van der Waals surface area contributed by atoms with E-state index in [1.165, 1.54) is 0 Å². The molecule has 1 aromatic rings. The van der Waals surface area contributed by atoms with E-state index in [1.54, 1.807) is 0 Å². The van der Waals surface area contributed by atoms with E-state index in [4.69, 9.17) is 4.74 Å². The molecule has 0 fully saturated rings. The summed E-state index contributed by atoms with van der Waals surface area (Å²) in [7, 11) is 0. The SMILES string of the molecule is Cc1[c-]cccc1C1=NCC(C)(C)O1.[Br-].[Mg+2]. The van der Waals surface area contributed by atoms with Gasteiger partial charge in [0.25, 0.3) is 0 Å². The molecule has 0 amide bonds. The fraction of sp³-hybridized carbons (Fsp3) is 0.417. The van der Waals surface area contributed by atoms with Crippen LogP contribution in [0.2, 0.25) is 0 Å². The van der Waals surface area contributed by atoms with Gasteiger partial charge in [-0.25, -0.2) is 0 Å². The summed E-state index contributed by atoms with van der Waals surface area (Å²) >= 11 is 0. The zero-order valence-electron chi connectivity index (χ0n) is 9.88. The Bertz CT molecular complexity index is 390. The second-order valence-electron chi connectivity index (χ2n) is 4.19. The van der Waals surface area contributed by atoms with Crippen molar-refractivity contribution in [2.45, 2.75) is 26.4 Å². The number of rotatable bonds is 1. The molecule has 2 nitrogen and oxygen atoms in total. The van der Waals surface area contributed by atoms with Crippen molar-refractivity contribution in [2.24, 2.45) is 4.99 Å². The van der Waals surface area contributed by atoms with Gasteiger partial charge in [0.1, 0.15) is 5.60 Å². The maximum absolute atomic E-state index is 5.75. The standard InChI is InChI=1S/C12H14NO.BrH.Mg/c1-9-6-4-5-7-10(9)11-13-8-12(2,3)14-11;;/h4-5,7H,8H2,1-3H3;1H;/q-1;;+2/p-1. The quantitative estimate of drug-likeness (QED) is 0.479. The predicted octanol–water partition coefficient (Wildman–Crippen LogP) is -1.03. The van der Waals surface area contributed by atoms with E-state index in [1.807, 2.05) is 39.0 Å². The topological polar surface area (TPSA) is 21.6 Å². The summed E-state index contributed by atoms with van der Waals surface area (Å²) in [5, 5.41) is 0. The normalized spacial score (nSPS) is 16.6. The minimum Gasteiger partial charge on any atom is -1.00 e. The third kappa shape index (κ3) is 3.47. The molecular formula is C12H14BrMgNO. The van der Waals surface area contributed by atoms with Gasteiger partial charge in [-0.15, -0.1) is 0 Å².